The van der Waals surface area contributed by atoms with Crippen LogP contribution in [-0.4, -0.2) is 4.98 Å². The maximum atomic E-state index is 4.48. The quantitative estimate of drug-likeness (QED) is 0.463. The molecule has 1 heterocycles. The Balaban J connectivity index is 0.00000132. The molecule has 1 aromatic heterocycles. The van der Waals surface area contributed by atoms with E-state index in [1.165, 1.54) is 22.3 Å². The van der Waals surface area contributed by atoms with Gasteiger partial charge in [0, 0.05) is 36.7 Å². The zero-order chi connectivity index (χ0) is 13.7. The van der Waals surface area contributed by atoms with Crippen LogP contribution < -0.4 is 0 Å². The first-order chi connectivity index (χ1) is 9.69. The summed E-state index contributed by atoms with van der Waals surface area (Å²) in [4.78, 5) is 4.48. The summed E-state index contributed by atoms with van der Waals surface area (Å²) >= 11 is 1.68. The molecule has 21 heavy (non-hydrogen) atoms. The van der Waals surface area contributed by atoms with E-state index in [4.69, 9.17) is 0 Å². The predicted octanol–water partition coefficient (Wildman–Crippen LogP) is 4.91. The number of fused-ring (bicyclic) bond motifs is 3. The fourth-order valence-corrected chi connectivity index (χ4v) is 3.94. The Hall–Kier alpha value is -1.28. The zero-order valence-electron chi connectivity index (χ0n) is 11.8. The van der Waals surface area contributed by atoms with E-state index in [0.717, 1.165) is 10.6 Å². The first kappa shape index (κ1) is 14.6. The van der Waals surface area contributed by atoms with Gasteiger partial charge in [-0.2, -0.15) is 11.3 Å². The molecule has 3 heteroatoms. The summed E-state index contributed by atoms with van der Waals surface area (Å²) in [6.45, 7) is 4.59. The van der Waals surface area contributed by atoms with Gasteiger partial charge in [0.05, 0.1) is 0 Å². The van der Waals surface area contributed by atoms with E-state index in [2.05, 4.69) is 55.2 Å². The molecule has 0 bridgehead atoms. The van der Waals surface area contributed by atoms with Gasteiger partial charge in [-0.05, 0) is 16.5 Å². The molecule has 4 rings (SSSR count). The Bertz CT molecular complexity index is 791. The topological polar surface area (TPSA) is 12.9 Å². The number of aromatic nitrogens is 1. The molecule has 0 amide bonds. The van der Waals surface area contributed by atoms with Crippen LogP contribution in [0.1, 0.15) is 25.0 Å². The number of nitrogens with zero attached hydrogens (tertiary/aromatic N) is 1. The molecule has 107 valence electrons. The minimum atomic E-state index is 0. The van der Waals surface area contributed by atoms with Crippen LogP contribution in [0.15, 0.2) is 48.0 Å². The fraction of sp³-hybridized carbons (Fsp3) is 0.167. The van der Waals surface area contributed by atoms with E-state index in [1.807, 2.05) is 17.6 Å². The molecule has 0 aliphatic heterocycles. The smallest absolute Gasteiger partial charge is 0.0404 e. The third kappa shape index (κ3) is 2.03. The number of hydrogen-bond acceptors (Lipinski definition) is 2. The molecule has 1 radical (unpaired) electrons. The third-order valence-electron chi connectivity index (χ3n) is 4.16. The molecule has 0 spiro atoms. The van der Waals surface area contributed by atoms with Crippen molar-refractivity contribution in [3.05, 3.63) is 65.2 Å². The summed E-state index contributed by atoms with van der Waals surface area (Å²) in [6.07, 6.45) is 1.86. The molecule has 0 N–H and O–H groups in total. The third-order valence-corrected chi connectivity index (χ3v) is 4.95. The molecule has 0 saturated heterocycles. The summed E-state index contributed by atoms with van der Waals surface area (Å²) in [5.74, 6) is 0. The Morgan fingerprint density at radius 2 is 1.90 bits per heavy atom. The van der Waals surface area contributed by atoms with Crippen LogP contribution in [0.3, 0.4) is 0 Å². The van der Waals surface area contributed by atoms with Gasteiger partial charge in [0.15, 0.2) is 0 Å². The van der Waals surface area contributed by atoms with Crippen molar-refractivity contribution >= 4 is 11.3 Å². The predicted molar refractivity (Wildman–Crippen MR) is 84.0 cm³/mol. The van der Waals surface area contributed by atoms with Crippen molar-refractivity contribution in [2.45, 2.75) is 19.3 Å². The second-order valence-electron chi connectivity index (χ2n) is 5.65. The van der Waals surface area contributed by atoms with Gasteiger partial charge in [0.1, 0.15) is 0 Å². The van der Waals surface area contributed by atoms with E-state index >= 15 is 0 Å². The van der Waals surface area contributed by atoms with Gasteiger partial charge in [0.2, 0.25) is 0 Å². The van der Waals surface area contributed by atoms with Gasteiger partial charge < -0.3 is 0 Å². The van der Waals surface area contributed by atoms with Crippen molar-refractivity contribution in [2.24, 2.45) is 0 Å². The molecule has 0 saturated carbocycles. The first-order valence-electron chi connectivity index (χ1n) is 6.74. The number of benzene rings is 2. The first-order valence-corrected chi connectivity index (χ1v) is 7.62. The van der Waals surface area contributed by atoms with Crippen molar-refractivity contribution in [1.29, 1.82) is 0 Å². The normalized spacial score (nSPS) is 14.2. The molecule has 1 aliphatic carbocycles. The van der Waals surface area contributed by atoms with Crippen LogP contribution in [0.5, 0.6) is 0 Å². The standard InChI is InChI=1S/C18H14NS.Ir/c1-18(2)15-9-4-3-6-12(15)13-7-5-8-14(16(13)18)17-19-10-11-20-17;/h3-7,9-11H,1-2H3;/q-1;. The molecule has 0 unspecified atom stereocenters. The monoisotopic (exact) mass is 469 g/mol. The van der Waals surface area contributed by atoms with E-state index in [9.17, 15) is 0 Å². The molecule has 1 aliphatic rings. The van der Waals surface area contributed by atoms with Crippen molar-refractivity contribution in [3.63, 3.8) is 0 Å². The van der Waals surface area contributed by atoms with Crippen molar-refractivity contribution in [1.82, 2.24) is 4.98 Å². The SMILES string of the molecule is CC1(C)c2ccccc2-c2cc[c-]c(-c3nccs3)c21.[Ir]. The minimum Gasteiger partial charge on any atom is -0.293 e. The van der Waals surface area contributed by atoms with Gasteiger partial charge in [-0.1, -0.05) is 43.7 Å². The van der Waals surface area contributed by atoms with Crippen LogP contribution in [0, 0.1) is 6.07 Å². The van der Waals surface area contributed by atoms with Crippen LogP contribution in [0.25, 0.3) is 21.7 Å². The Morgan fingerprint density at radius 3 is 2.67 bits per heavy atom. The molecule has 0 fully saturated rings. The van der Waals surface area contributed by atoms with Crippen molar-refractivity contribution < 1.29 is 20.1 Å². The van der Waals surface area contributed by atoms with Crippen LogP contribution in [0.2, 0.25) is 0 Å². The van der Waals surface area contributed by atoms with Gasteiger partial charge in [0.25, 0.3) is 0 Å². The van der Waals surface area contributed by atoms with E-state index in [0.29, 0.717) is 0 Å². The molecular weight excluding hydrogens is 454 g/mol. The number of rotatable bonds is 1. The van der Waals surface area contributed by atoms with Crippen LogP contribution in [0.4, 0.5) is 0 Å². The average molecular weight is 469 g/mol. The maximum Gasteiger partial charge on any atom is 0.0404 e. The molecule has 3 aromatic rings. The summed E-state index contributed by atoms with van der Waals surface area (Å²) in [7, 11) is 0. The Kier molecular flexibility index (Phi) is 3.61. The summed E-state index contributed by atoms with van der Waals surface area (Å²) in [6, 6.07) is 16.3. The van der Waals surface area contributed by atoms with Gasteiger partial charge >= 0.3 is 0 Å². The summed E-state index contributed by atoms with van der Waals surface area (Å²) in [5.41, 5.74) is 6.58. The van der Waals surface area contributed by atoms with Gasteiger partial charge in [-0.3, -0.25) is 4.98 Å². The maximum absolute atomic E-state index is 4.48. The van der Waals surface area contributed by atoms with Gasteiger partial charge in [-0.15, -0.1) is 29.3 Å². The fourth-order valence-electron chi connectivity index (χ4n) is 3.29. The Labute approximate surface area is 142 Å². The number of hydrogen-bond donors (Lipinski definition) is 0. The summed E-state index contributed by atoms with van der Waals surface area (Å²) < 4.78 is 0. The largest absolute Gasteiger partial charge is 0.293 e. The Morgan fingerprint density at radius 1 is 1.10 bits per heavy atom. The molecule has 2 aromatic carbocycles. The van der Waals surface area contributed by atoms with Crippen LogP contribution in [-0.2, 0) is 25.5 Å². The van der Waals surface area contributed by atoms with Crippen molar-refractivity contribution in [2.75, 3.05) is 0 Å². The van der Waals surface area contributed by atoms with Crippen molar-refractivity contribution in [3.8, 4) is 21.7 Å². The second kappa shape index (κ2) is 5.17. The van der Waals surface area contributed by atoms with Crippen LogP contribution >= 0.6 is 11.3 Å². The van der Waals surface area contributed by atoms with E-state index < -0.39 is 0 Å². The minimum absolute atomic E-state index is 0. The second-order valence-corrected chi connectivity index (χ2v) is 6.54. The van der Waals surface area contributed by atoms with E-state index in [-0.39, 0.29) is 25.5 Å². The average Bonchev–Trinajstić information content (AvgIpc) is 3.07. The van der Waals surface area contributed by atoms with E-state index in [1.54, 1.807) is 11.3 Å². The van der Waals surface area contributed by atoms with Gasteiger partial charge in [-0.25, -0.2) is 0 Å². The summed E-state index contributed by atoms with van der Waals surface area (Å²) in [5, 5.41) is 3.08. The zero-order valence-corrected chi connectivity index (χ0v) is 15.0. The molecule has 1 nitrogen and oxygen atoms in total. The molecule has 0 atom stereocenters. The number of thiazole rings is 1. The molecular formula is C18H14IrNS-.